The van der Waals surface area contributed by atoms with Crippen LogP contribution in [0.5, 0.6) is 11.6 Å². The number of pyridine rings is 2. The molecule has 11 nitrogen and oxygen atoms in total. The van der Waals surface area contributed by atoms with E-state index in [9.17, 15) is 13.2 Å². The third kappa shape index (κ3) is 5.61. The Kier molecular flexibility index (Phi) is 7.77. The van der Waals surface area contributed by atoms with Crippen molar-refractivity contribution in [3.63, 3.8) is 0 Å². The highest BCUT2D eigenvalue weighted by molar-refractivity contribution is 7.92. The monoisotopic (exact) mass is 634 g/mol. The maximum Gasteiger partial charge on any atom is 0.241 e. The van der Waals surface area contributed by atoms with Gasteiger partial charge >= 0.3 is 0 Å². The number of carbonyl (C=O) groups excluding carboxylic acids is 1. The fourth-order valence-corrected chi connectivity index (χ4v) is 6.62. The van der Waals surface area contributed by atoms with E-state index in [-0.39, 0.29) is 35.7 Å². The van der Waals surface area contributed by atoms with E-state index in [2.05, 4.69) is 24.9 Å². The molecule has 2 aromatic carbocycles. The van der Waals surface area contributed by atoms with Gasteiger partial charge < -0.3 is 24.6 Å². The summed E-state index contributed by atoms with van der Waals surface area (Å²) in [7, 11) is -0.354. The van der Waals surface area contributed by atoms with E-state index in [4.69, 9.17) is 9.47 Å². The Balaban J connectivity index is 1.39. The molecule has 236 valence electrons. The Bertz CT molecular complexity index is 1890. The van der Waals surface area contributed by atoms with Crippen molar-refractivity contribution in [3.05, 3.63) is 66.2 Å². The summed E-state index contributed by atoms with van der Waals surface area (Å²) in [5, 5.41) is 3.87. The van der Waals surface area contributed by atoms with Gasteiger partial charge in [-0.25, -0.2) is 17.8 Å². The molecule has 1 amide bonds. The van der Waals surface area contributed by atoms with Crippen LogP contribution in [-0.4, -0.2) is 77.0 Å². The lowest BCUT2D eigenvalue weighted by Crippen LogP contribution is -2.64. The summed E-state index contributed by atoms with van der Waals surface area (Å²) in [5.74, 6) is 0.224. The minimum Gasteiger partial charge on any atom is -0.497 e. The molecule has 2 aromatic heterocycles. The Morgan fingerprint density at radius 1 is 1.09 bits per heavy atom. The van der Waals surface area contributed by atoms with Gasteiger partial charge in [-0.15, -0.1) is 0 Å². The number of amides is 1. The fourth-order valence-electron chi connectivity index (χ4n) is 6.08. The average molecular weight is 635 g/mol. The van der Waals surface area contributed by atoms with Gasteiger partial charge in [0.05, 0.1) is 30.8 Å². The first-order valence-electron chi connectivity index (χ1n) is 14.5. The maximum absolute atomic E-state index is 15.7. The number of carbonyl (C=O) groups is 1. The zero-order chi connectivity index (χ0) is 32.1. The number of halogens is 1. The highest BCUT2D eigenvalue weighted by Crippen LogP contribution is 2.51. The zero-order valence-corrected chi connectivity index (χ0v) is 26.5. The van der Waals surface area contributed by atoms with E-state index in [1.54, 1.807) is 31.3 Å². The lowest BCUT2D eigenvalue weighted by molar-refractivity contribution is -0.123. The number of hydrogen-bond donors (Lipinski definition) is 2. The van der Waals surface area contributed by atoms with Crippen LogP contribution < -0.4 is 29.3 Å². The van der Waals surface area contributed by atoms with Crippen molar-refractivity contribution in [2.45, 2.75) is 25.3 Å². The summed E-state index contributed by atoms with van der Waals surface area (Å²) in [6, 6.07) is 12.4. The number of aromatic nitrogens is 2. The largest absolute Gasteiger partial charge is 0.497 e. The predicted octanol–water partition coefficient (Wildman–Crippen LogP) is 3.93. The normalized spacial score (nSPS) is 15.5. The second kappa shape index (κ2) is 11.5. The number of likely N-dealkylation sites (N-methyl/N-ethyl adjacent to an activating group) is 1. The van der Waals surface area contributed by atoms with Crippen LogP contribution in [0.1, 0.15) is 19.4 Å². The van der Waals surface area contributed by atoms with E-state index in [0.717, 1.165) is 23.3 Å². The number of ether oxygens (including phenoxy) is 2. The number of methoxy groups -OCH3 is 1. The predicted molar refractivity (Wildman–Crippen MR) is 172 cm³/mol. The third-order valence-electron chi connectivity index (χ3n) is 8.20. The summed E-state index contributed by atoms with van der Waals surface area (Å²) in [6.45, 7) is 5.69. The second-order valence-corrected chi connectivity index (χ2v) is 13.5. The molecule has 0 atom stereocenters. The van der Waals surface area contributed by atoms with Crippen molar-refractivity contribution in [2.75, 3.05) is 61.2 Å². The maximum atomic E-state index is 15.7. The summed E-state index contributed by atoms with van der Waals surface area (Å²) in [4.78, 5) is 26.3. The molecule has 2 aliphatic heterocycles. The van der Waals surface area contributed by atoms with Crippen LogP contribution in [0.2, 0.25) is 0 Å². The SMILES string of the molecule is COc1ccc(N2CC3(C2)C(=O)N(C)c2cnc4cc(F)c(-c5cnc(OCCNC(C)C)c(NS(C)(=O)=O)c5)cc4c23)cc1. The zero-order valence-electron chi connectivity index (χ0n) is 25.7. The highest BCUT2D eigenvalue weighted by atomic mass is 32.2. The van der Waals surface area contributed by atoms with E-state index in [1.807, 2.05) is 38.1 Å². The van der Waals surface area contributed by atoms with Crippen molar-refractivity contribution in [2.24, 2.45) is 0 Å². The van der Waals surface area contributed by atoms with Crippen molar-refractivity contribution < 1.29 is 27.1 Å². The number of sulfonamides is 1. The van der Waals surface area contributed by atoms with Crippen LogP contribution in [0.4, 0.5) is 21.5 Å². The molecule has 45 heavy (non-hydrogen) atoms. The van der Waals surface area contributed by atoms with Crippen molar-refractivity contribution in [3.8, 4) is 22.8 Å². The molecule has 13 heteroatoms. The quantitative estimate of drug-likeness (QED) is 0.250. The van der Waals surface area contributed by atoms with E-state index < -0.39 is 21.3 Å². The number of anilines is 3. The summed E-state index contributed by atoms with van der Waals surface area (Å²) in [6.07, 6.45) is 4.09. The van der Waals surface area contributed by atoms with Gasteiger partial charge in [-0.05, 0) is 36.4 Å². The molecule has 0 unspecified atom stereocenters. The van der Waals surface area contributed by atoms with Crippen LogP contribution in [-0.2, 0) is 20.2 Å². The second-order valence-electron chi connectivity index (χ2n) is 11.8. The standard InChI is InChI=1S/C32H35FN6O5S/c1-19(2)34-10-11-44-30-27(37-45(5,41)42)12-20(15-36-30)23-13-24-26(14-25(23)33)35-16-28-29(24)32(31(40)38(28)3)17-39(18-32)21-6-8-22(43-4)9-7-21/h6-9,12-16,19,34,37H,10-11,17-18H2,1-5H3. The smallest absolute Gasteiger partial charge is 0.241 e. The summed E-state index contributed by atoms with van der Waals surface area (Å²) in [5.41, 5.74) is 2.65. The molecule has 0 aliphatic carbocycles. The number of rotatable bonds is 10. The van der Waals surface area contributed by atoms with E-state index in [1.165, 1.54) is 18.3 Å². The van der Waals surface area contributed by atoms with Gasteiger partial charge in [-0.3, -0.25) is 14.5 Å². The molecule has 4 heterocycles. The molecule has 2 aliphatic rings. The van der Waals surface area contributed by atoms with Crippen LogP contribution >= 0.6 is 0 Å². The molecule has 0 saturated carbocycles. The number of benzene rings is 2. The molecule has 4 aromatic rings. The van der Waals surface area contributed by atoms with Crippen molar-refractivity contribution >= 4 is 43.9 Å². The summed E-state index contributed by atoms with van der Waals surface area (Å²) >= 11 is 0. The molecule has 1 fully saturated rings. The molecule has 0 radical (unpaired) electrons. The first-order chi connectivity index (χ1) is 21.4. The lowest BCUT2D eigenvalue weighted by atomic mass is 9.73. The van der Waals surface area contributed by atoms with Gasteiger partial charge in [0.1, 0.15) is 29.3 Å². The van der Waals surface area contributed by atoms with Crippen LogP contribution in [0.15, 0.2) is 54.9 Å². The Labute approximate surface area is 261 Å². The van der Waals surface area contributed by atoms with Crippen molar-refractivity contribution in [1.29, 1.82) is 0 Å². The molecular weight excluding hydrogens is 599 g/mol. The van der Waals surface area contributed by atoms with Gasteiger partial charge in [-0.2, -0.15) is 0 Å². The minimum atomic E-state index is -3.70. The molecule has 6 rings (SSSR count). The number of fused-ring (bicyclic) bond motifs is 4. The van der Waals surface area contributed by atoms with Gasteiger partial charge in [0.15, 0.2) is 0 Å². The van der Waals surface area contributed by atoms with E-state index in [0.29, 0.717) is 41.8 Å². The third-order valence-corrected chi connectivity index (χ3v) is 8.79. The van der Waals surface area contributed by atoms with Gasteiger partial charge in [-0.1, -0.05) is 13.8 Å². The first-order valence-corrected chi connectivity index (χ1v) is 16.4. The Morgan fingerprint density at radius 2 is 1.82 bits per heavy atom. The van der Waals surface area contributed by atoms with E-state index >= 15 is 4.39 Å². The first kappa shape index (κ1) is 30.5. The fraction of sp³-hybridized carbons (Fsp3) is 0.344. The average Bonchev–Trinajstić information content (AvgIpc) is 3.20. The Morgan fingerprint density at radius 3 is 2.49 bits per heavy atom. The van der Waals surface area contributed by atoms with Crippen LogP contribution in [0.25, 0.3) is 22.0 Å². The molecule has 1 saturated heterocycles. The Hall–Kier alpha value is -4.49. The lowest BCUT2D eigenvalue weighted by Gasteiger charge is -2.48. The van der Waals surface area contributed by atoms with Gasteiger partial charge in [0.2, 0.25) is 21.8 Å². The molecule has 0 bridgehead atoms. The molecular formula is C32H35FN6O5S. The molecule has 1 spiro atoms. The van der Waals surface area contributed by atoms with Gasteiger partial charge in [0, 0.05) is 72.8 Å². The molecule has 2 N–H and O–H groups in total. The van der Waals surface area contributed by atoms with Crippen molar-refractivity contribution in [1.82, 2.24) is 15.3 Å². The summed E-state index contributed by atoms with van der Waals surface area (Å²) < 4.78 is 53.6. The van der Waals surface area contributed by atoms with Crippen LogP contribution in [0.3, 0.4) is 0 Å². The minimum absolute atomic E-state index is 0.0443. The highest BCUT2D eigenvalue weighted by Gasteiger charge is 2.58. The topological polar surface area (TPSA) is 126 Å². The number of nitrogens with one attached hydrogen (secondary N) is 2. The number of nitrogens with zero attached hydrogens (tertiary/aromatic N) is 4. The van der Waals surface area contributed by atoms with Gasteiger partial charge in [0.25, 0.3) is 0 Å². The van der Waals surface area contributed by atoms with Crippen LogP contribution in [0, 0.1) is 5.82 Å². The number of hydrogen-bond acceptors (Lipinski definition) is 9.